The first-order chi connectivity index (χ1) is 12.1. The Morgan fingerprint density at radius 1 is 1.16 bits per heavy atom. The fourth-order valence-corrected chi connectivity index (χ4v) is 2.49. The van der Waals surface area contributed by atoms with E-state index >= 15 is 0 Å². The van der Waals surface area contributed by atoms with E-state index in [0.717, 1.165) is 5.69 Å². The third-order valence-electron chi connectivity index (χ3n) is 3.57. The van der Waals surface area contributed by atoms with E-state index in [1.54, 1.807) is 48.3 Å². The molecule has 0 fully saturated rings. The second-order valence-electron chi connectivity index (χ2n) is 5.17. The molecule has 0 saturated heterocycles. The molecule has 6 nitrogen and oxygen atoms in total. The number of nitrogens with zero attached hydrogens (tertiary/aromatic N) is 2. The maximum Gasteiger partial charge on any atom is 0.258 e. The molecule has 2 aromatic carbocycles. The highest BCUT2D eigenvalue weighted by atomic mass is 35.5. The van der Waals surface area contributed by atoms with Gasteiger partial charge < -0.3 is 14.8 Å². The number of benzene rings is 2. The Kier molecular flexibility index (Phi) is 4.90. The fraction of sp³-hybridized carbons (Fsp3) is 0.111. The van der Waals surface area contributed by atoms with Gasteiger partial charge in [0.05, 0.1) is 37.4 Å². The largest absolute Gasteiger partial charge is 0.497 e. The first kappa shape index (κ1) is 16.9. The molecule has 0 saturated carbocycles. The van der Waals surface area contributed by atoms with E-state index in [9.17, 15) is 4.79 Å². The third-order valence-corrected chi connectivity index (χ3v) is 3.81. The van der Waals surface area contributed by atoms with Gasteiger partial charge in [-0.25, -0.2) is 4.68 Å². The van der Waals surface area contributed by atoms with Crippen LogP contribution in [0.1, 0.15) is 10.4 Å². The molecular formula is C18H16ClN3O3. The van der Waals surface area contributed by atoms with Gasteiger partial charge in [-0.1, -0.05) is 17.7 Å². The maximum absolute atomic E-state index is 12.5. The van der Waals surface area contributed by atoms with Gasteiger partial charge in [-0.15, -0.1) is 0 Å². The first-order valence-electron chi connectivity index (χ1n) is 7.44. The van der Waals surface area contributed by atoms with Crippen LogP contribution < -0.4 is 14.8 Å². The molecule has 1 amide bonds. The Balaban J connectivity index is 1.83. The van der Waals surface area contributed by atoms with E-state index in [2.05, 4.69) is 10.4 Å². The van der Waals surface area contributed by atoms with Crippen LogP contribution in [-0.2, 0) is 0 Å². The predicted molar refractivity (Wildman–Crippen MR) is 96.1 cm³/mol. The molecule has 0 atom stereocenters. The summed E-state index contributed by atoms with van der Waals surface area (Å²) < 4.78 is 12.0. The van der Waals surface area contributed by atoms with E-state index in [-0.39, 0.29) is 5.91 Å². The van der Waals surface area contributed by atoms with Crippen LogP contribution >= 0.6 is 11.6 Å². The second-order valence-corrected chi connectivity index (χ2v) is 5.61. The molecular weight excluding hydrogens is 342 g/mol. The van der Waals surface area contributed by atoms with Crippen LogP contribution in [0.5, 0.6) is 11.5 Å². The van der Waals surface area contributed by atoms with Gasteiger partial charge in [-0.2, -0.15) is 5.10 Å². The Morgan fingerprint density at radius 2 is 2.00 bits per heavy atom. The number of amides is 1. The molecule has 25 heavy (non-hydrogen) atoms. The minimum absolute atomic E-state index is 0.306. The van der Waals surface area contributed by atoms with Gasteiger partial charge in [0.2, 0.25) is 0 Å². The molecule has 0 spiro atoms. The van der Waals surface area contributed by atoms with E-state index in [4.69, 9.17) is 21.1 Å². The van der Waals surface area contributed by atoms with Crippen molar-refractivity contribution in [1.82, 2.24) is 9.78 Å². The summed E-state index contributed by atoms with van der Waals surface area (Å²) in [5.41, 5.74) is 1.69. The van der Waals surface area contributed by atoms with Gasteiger partial charge in [-0.3, -0.25) is 4.79 Å². The smallest absolute Gasteiger partial charge is 0.258 e. The number of carbonyl (C=O) groups is 1. The van der Waals surface area contributed by atoms with Crippen LogP contribution in [-0.4, -0.2) is 29.9 Å². The van der Waals surface area contributed by atoms with Crippen LogP contribution in [0.2, 0.25) is 5.02 Å². The van der Waals surface area contributed by atoms with Crippen molar-refractivity contribution in [1.29, 1.82) is 0 Å². The summed E-state index contributed by atoms with van der Waals surface area (Å²) in [6.45, 7) is 0. The summed E-state index contributed by atoms with van der Waals surface area (Å²) in [7, 11) is 3.09. The van der Waals surface area contributed by atoms with Gasteiger partial charge in [0.1, 0.15) is 11.5 Å². The maximum atomic E-state index is 12.5. The van der Waals surface area contributed by atoms with Crippen molar-refractivity contribution in [2.24, 2.45) is 0 Å². The number of hydrogen-bond acceptors (Lipinski definition) is 4. The van der Waals surface area contributed by atoms with Crippen molar-refractivity contribution in [2.45, 2.75) is 0 Å². The first-order valence-corrected chi connectivity index (χ1v) is 7.82. The van der Waals surface area contributed by atoms with Gasteiger partial charge in [0, 0.05) is 17.3 Å². The molecule has 0 aliphatic heterocycles. The lowest BCUT2D eigenvalue weighted by Crippen LogP contribution is -2.12. The number of halogens is 1. The zero-order chi connectivity index (χ0) is 17.8. The van der Waals surface area contributed by atoms with E-state index in [1.165, 1.54) is 13.3 Å². The summed E-state index contributed by atoms with van der Waals surface area (Å²) in [4.78, 5) is 12.5. The van der Waals surface area contributed by atoms with Crippen molar-refractivity contribution < 1.29 is 14.3 Å². The topological polar surface area (TPSA) is 65.4 Å². The van der Waals surface area contributed by atoms with Gasteiger partial charge in [-0.05, 0) is 30.3 Å². The van der Waals surface area contributed by atoms with Crippen LogP contribution in [0.25, 0.3) is 5.69 Å². The van der Waals surface area contributed by atoms with Gasteiger partial charge >= 0.3 is 0 Å². The van der Waals surface area contributed by atoms with Crippen molar-refractivity contribution >= 4 is 23.2 Å². The molecule has 3 aromatic rings. The normalized spacial score (nSPS) is 10.4. The highest BCUT2D eigenvalue weighted by Gasteiger charge is 2.13. The predicted octanol–water partition coefficient (Wildman–Crippen LogP) is 3.80. The fourth-order valence-electron chi connectivity index (χ4n) is 2.31. The van der Waals surface area contributed by atoms with Crippen molar-refractivity contribution in [3.63, 3.8) is 0 Å². The van der Waals surface area contributed by atoms with E-state index in [1.807, 2.05) is 12.1 Å². The second kappa shape index (κ2) is 7.27. The molecule has 0 aliphatic rings. The number of carbonyl (C=O) groups excluding carboxylic acids is 1. The Labute approximate surface area is 149 Å². The van der Waals surface area contributed by atoms with Crippen LogP contribution in [0, 0.1) is 0 Å². The Hall–Kier alpha value is -2.99. The van der Waals surface area contributed by atoms with Gasteiger partial charge in [0.25, 0.3) is 5.91 Å². The molecule has 128 valence electrons. The van der Waals surface area contributed by atoms with Gasteiger partial charge in [0.15, 0.2) is 0 Å². The molecule has 0 bridgehead atoms. The SMILES string of the molecule is COc1ccc(OC)c(NC(=O)c2cnn(-c3cccc(Cl)c3)c2)c1. The highest BCUT2D eigenvalue weighted by molar-refractivity contribution is 6.30. The lowest BCUT2D eigenvalue weighted by atomic mass is 10.2. The Bertz CT molecular complexity index is 908. The monoisotopic (exact) mass is 357 g/mol. The summed E-state index contributed by atoms with van der Waals surface area (Å²) in [5.74, 6) is 0.849. The standard InChI is InChI=1S/C18H16ClN3O3/c1-24-15-6-7-17(25-2)16(9-15)21-18(23)12-10-20-22(11-12)14-5-3-4-13(19)8-14/h3-11H,1-2H3,(H,21,23). The minimum Gasteiger partial charge on any atom is -0.497 e. The van der Waals surface area contributed by atoms with Crippen LogP contribution in [0.15, 0.2) is 54.9 Å². The molecule has 3 rings (SSSR count). The average Bonchev–Trinajstić information content (AvgIpc) is 3.12. The van der Waals surface area contributed by atoms with E-state index in [0.29, 0.717) is 27.8 Å². The van der Waals surface area contributed by atoms with Crippen molar-refractivity contribution in [2.75, 3.05) is 19.5 Å². The van der Waals surface area contributed by atoms with Crippen molar-refractivity contribution in [3.05, 3.63) is 65.4 Å². The molecule has 0 aliphatic carbocycles. The summed E-state index contributed by atoms with van der Waals surface area (Å²) in [5, 5.41) is 7.61. The molecule has 0 unspecified atom stereocenters. The van der Waals surface area contributed by atoms with Crippen LogP contribution in [0.3, 0.4) is 0 Å². The number of methoxy groups -OCH3 is 2. The lowest BCUT2D eigenvalue weighted by molar-refractivity contribution is 0.102. The number of aromatic nitrogens is 2. The number of anilines is 1. The van der Waals surface area contributed by atoms with E-state index < -0.39 is 0 Å². The zero-order valence-corrected chi connectivity index (χ0v) is 14.4. The number of ether oxygens (including phenoxy) is 2. The minimum atomic E-state index is -0.306. The summed E-state index contributed by atoms with van der Waals surface area (Å²) >= 11 is 5.99. The van der Waals surface area contributed by atoms with Crippen LogP contribution in [0.4, 0.5) is 5.69 Å². The molecule has 1 N–H and O–H groups in total. The number of hydrogen-bond donors (Lipinski definition) is 1. The molecule has 1 aromatic heterocycles. The summed E-state index contributed by atoms with van der Waals surface area (Å²) in [6, 6.07) is 12.4. The highest BCUT2D eigenvalue weighted by Crippen LogP contribution is 2.29. The molecule has 7 heteroatoms. The van der Waals surface area contributed by atoms with Crippen molar-refractivity contribution in [3.8, 4) is 17.2 Å². The lowest BCUT2D eigenvalue weighted by Gasteiger charge is -2.11. The Morgan fingerprint density at radius 3 is 2.72 bits per heavy atom. The quantitative estimate of drug-likeness (QED) is 0.754. The molecule has 0 radical (unpaired) electrons. The third kappa shape index (κ3) is 3.75. The average molecular weight is 358 g/mol. The number of rotatable bonds is 5. The number of nitrogens with one attached hydrogen (secondary N) is 1. The molecule has 1 heterocycles. The zero-order valence-electron chi connectivity index (χ0n) is 13.7. The summed E-state index contributed by atoms with van der Waals surface area (Å²) in [6.07, 6.45) is 3.12.